The minimum Gasteiger partial charge on any atom is -0.482 e. The highest BCUT2D eigenvalue weighted by atomic mass is 16.6. The second-order valence-corrected chi connectivity index (χ2v) is 2.43. The summed E-state index contributed by atoms with van der Waals surface area (Å²) in [5.41, 5.74) is 6.12. The van der Waals surface area contributed by atoms with Crippen LogP contribution in [0.25, 0.3) is 0 Å². The second-order valence-electron chi connectivity index (χ2n) is 2.43. The lowest BCUT2D eigenvalue weighted by atomic mass is 10.3. The fraction of sp³-hybridized carbons (Fsp3) is 0.364. The molecule has 0 bridgehead atoms. The molecule has 0 atom stereocenters. The van der Waals surface area contributed by atoms with E-state index in [1.54, 1.807) is 24.3 Å². The SMILES string of the molecule is CC.COC(=O)COc1ccc(N)cc1. The Morgan fingerprint density at radius 3 is 2.27 bits per heavy atom. The molecular weight excluding hydrogens is 194 g/mol. The van der Waals surface area contributed by atoms with E-state index in [0.29, 0.717) is 11.4 Å². The van der Waals surface area contributed by atoms with Crippen LogP contribution in [0.2, 0.25) is 0 Å². The van der Waals surface area contributed by atoms with Crippen molar-refractivity contribution in [3.05, 3.63) is 24.3 Å². The van der Waals surface area contributed by atoms with Gasteiger partial charge in [-0.3, -0.25) is 0 Å². The first-order valence-corrected chi connectivity index (χ1v) is 4.77. The molecule has 15 heavy (non-hydrogen) atoms. The minimum absolute atomic E-state index is 0.0829. The van der Waals surface area contributed by atoms with Crippen molar-refractivity contribution in [3.8, 4) is 5.75 Å². The van der Waals surface area contributed by atoms with Gasteiger partial charge in [0.1, 0.15) is 5.75 Å². The predicted octanol–water partition coefficient (Wildman–Crippen LogP) is 1.85. The average Bonchev–Trinajstić information content (AvgIpc) is 2.30. The van der Waals surface area contributed by atoms with E-state index in [1.807, 2.05) is 13.8 Å². The number of carbonyl (C=O) groups excluding carboxylic acids is 1. The first-order chi connectivity index (χ1) is 7.22. The van der Waals surface area contributed by atoms with Gasteiger partial charge in [-0.1, -0.05) is 13.8 Å². The minimum atomic E-state index is -0.406. The van der Waals surface area contributed by atoms with E-state index in [1.165, 1.54) is 7.11 Å². The van der Waals surface area contributed by atoms with Crippen molar-refractivity contribution >= 4 is 11.7 Å². The second kappa shape index (κ2) is 7.67. The molecule has 0 amide bonds. The molecule has 0 aromatic heterocycles. The molecule has 0 aliphatic carbocycles. The number of hydrogen-bond acceptors (Lipinski definition) is 4. The Balaban J connectivity index is 0.000000921. The van der Waals surface area contributed by atoms with Crippen LogP contribution in [-0.4, -0.2) is 19.7 Å². The third-order valence-corrected chi connectivity index (χ3v) is 1.46. The lowest BCUT2D eigenvalue weighted by molar-refractivity contribution is -0.142. The van der Waals surface area contributed by atoms with Gasteiger partial charge in [0.2, 0.25) is 0 Å². The van der Waals surface area contributed by atoms with Crippen LogP contribution in [0.5, 0.6) is 5.75 Å². The highest BCUT2D eigenvalue weighted by molar-refractivity contribution is 5.70. The molecule has 0 aliphatic rings. The molecular formula is C11H17NO3. The van der Waals surface area contributed by atoms with Gasteiger partial charge >= 0.3 is 5.97 Å². The van der Waals surface area contributed by atoms with E-state index in [0.717, 1.165) is 0 Å². The summed E-state index contributed by atoms with van der Waals surface area (Å²) in [5.74, 6) is 0.191. The maximum Gasteiger partial charge on any atom is 0.343 e. The molecule has 2 N–H and O–H groups in total. The molecule has 84 valence electrons. The monoisotopic (exact) mass is 211 g/mol. The number of hydrogen-bond donors (Lipinski definition) is 1. The number of anilines is 1. The van der Waals surface area contributed by atoms with Crippen LogP contribution in [0.1, 0.15) is 13.8 Å². The van der Waals surface area contributed by atoms with Crippen LogP contribution < -0.4 is 10.5 Å². The van der Waals surface area contributed by atoms with Gasteiger partial charge in [0, 0.05) is 5.69 Å². The van der Waals surface area contributed by atoms with Gasteiger partial charge in [-0.25, -0.2) is 4.79 Å². The van der Waals surface area contributed by atoms with Crippen molar-refractivity contribution < 1.29 is 14.3 Å². The Morgan fingerprint density at radius 2 is 1.80 bits per heavy atom. The van der Waals surface area contributed by atoms with E-state index < -0.39 is 5.97 Å². The van der Waals surface area contributed by atoms with Crippen LogP contribution in [0.3, 0.4) is 0 Å². The largest absolute Gasteiger partial charge is 0.482 e. The number of nitrogens with two attached hydrogens (primary N) is 1. The highest BCUT2D eigenvalue weighted by Crippen LogP contribution is 2.12. The van der Waals surface area contributed by atoms with Gasteiger partial charge < -0.3 is 15.2 Å². The molecule has 0 heterocycles. The summed E-state index contributed by atoms with van der Waals surface area (Å²) in [7, 11) is 1.31. The third kappa shape index (κ3) is 5.57. The summed E-state index contributed by atoms with van der Waals surface area (Å²) >= 11 is 0. The molecule has 0 saturated carbocycles. The Labute approximate surface area is 90.0 Å². The fourth-order valence-corrected chi connectivity index (χ4v) is 0.765. The number of esters is 1. The molecule has 0 spiro atoms. The van der Waals surface area contributed by atoms with Crippen molar-refractivity contribution in [2.24, 2.45) is 0 Å². The molecule has 0 fully saturated rings. The summed E-state index contributed by atoms with van der Waals surface area (Å²) in [5, 5.41) is 0. The van der Waals surface area contributed by atoms with Crippen LogP contribution in [-0.2, 0) is 9.53 Å². The molecule has 0 saturated heterocycles. The van der Waals surface area contributed by atoms with E-state index in [4.69, 9.17) is 10.5 Å². The standard InChI is InChI=1S/C9H11NO3.C2H6/c1-12-9(11)6-13-8-4-2-7(10)3-5-8;1-2/h2-5H,6,10H2,1H3;1-2H3. The zero-order chi connectivity index (χ0) is 11.7. The molecule has 0 unspecified atom stereocenters. The molecule has 0 radical (unpaired) electrons. The third-order valence-electron chi connectivity index (χ3n) is 1.46. The molecule has 4 nitrogen and oxygen atoms in total. The Kier molecular flexibility index (Phi) is 6.80. The molecule has 1 aromatic rings. The topological polar surface area (TPSA) is 61.5 Å². The average molecular weight is 211 g/mol. The van der Waals surface area contributed by atoms with E-state index in [2.05, 4.69) is 4.74 Å². The predicted molar refractivity (Wildman–Crippen MR) is 59.7 cm³/mol. The lowest BCUT2D eigenvalue weighted by Crippen LogP contribution is -2.12. The van der Waals surface area contributed by atoms with E-state index in [9.17, 15) is 4.79 Å². The fourth-order valence-electron chi connectivity index (χ4n) is 0.765. The Hall–Kier alpha value is -1.71. The molecule has 1 aromatic carbocycles. The Bertz CT molecular complexity index is 282. The summed E-state index contributed by atoms with van der Waals surface area (Å²) < 4.78 is 9.49. The zero-order valence-electron chi connectivity index (χ0n) is 9.32. The number of nitrogen functional groups attached to an aromatic ring is 1. The quantitative estimate of drug-likeness (QED) is 0.612. The van der Waals surface area contributed by atoms with Gasteiger partial charge in [-0.15, -0.1) is 0 Å². The van der Waals surface area contributed by atoms with Gasteiger partial charge in [0.15, 0.2) is 6.61 Å². The van der Waals surface area contributed by atoms with Crippen molar-refractivity contribution in [2.45, 2.75) is 13.8 Å². The number of rotatable bonds is 3. The normalized spacial score (nSPS) is 8.47. The van der Waals surface area contributed by atoms with Crippen LogP contribution in [0.15, 0.2) is 24.3 Å². The van der Waals surface area contributed by atoms with Gasteiger partial charge in [0.05, 0.1) is 7.11 Å². The first-order valence-electron chi connectivity index (χ1n) is 4.77. The van der Waals surface area contributed by atoms with Gasteiger partial charge in [0.25, 0.3) is 0 Å². The van der Waals surface area contributed by atoms with Crippen molar-refractivity contribution in [2.75, 3.05) is 19.5 Å². The van der Waals surface area contributed by atoms with Crippen LogP contribution in [0, 0.1) is 0 Å². The number of ether oxygens (including phenoxy) is 2. The van der Waals surface area contributed by atoms with Crippen LogP contribution >= 0.6 is 0 Å². The number of methoxy groups -OCH3 is 1. The van der Waals surface area contributed by atoms with Crippen molar-refractivity contribution in [1.82, 2.24) is 0 Å². The van der Waals surface area contributed by atoms with Crippen molar-refractivity contribution in [1.29, 1.82) is 0 Å². The number of benzene rings is 1. The highest BCUT2D eigenvalue weighted by Gasteiger charge is 2.00. The summed E-state index contributed by atoms with van der Waals surface area (Å²) in [6, 6.07) is 6.79. The van der Waals surface area contributed by atoms with E-state index >= 15 is 0 Å². The summed E-state index contributed by atoms with van der Waals surface area (Å²) in [6.45, 7) is 3.92. The van der Waals surface area contributed by atoms with E-state index in [-0.39, 0.29) is 6.61 Å². The summed E-state index contributed by atoms with van der Waals surface area (Å²) in [6.07, 6.45) is 0. The van der Waals surface area contributed by atoms with Crippen LogP contribution in [0.4, 0.5) is 5.69 Å². The first kappa shape index (κ1) is 13.3. The smallest absolute Gasteiger partial charge is 0.343 e. The maximum atomic E-state index is 10.7. The zero-order valence-corrected chi connectivity index (χ0v) is 9.32. The van der Waals surface area contributed by atoms with Crippen molar-refractivity contribution in [3.63, 3.8) is 0 Å². The molecule has 4 heteroatoms. The summed E-state index contributed by atoms with van der Waals surface area (Å²) in [4.78, 5) is 10.7. The maximum absolute atomic E-state index is 10.7. The van der Waals surface area contributed by atoms with Gasteiger partial charge in [-0.2, -0.15) is 0 Å². The molecule has 1 rings (SSSR count). The van der Waals surface area contributed by atoms with Gasteiger partial charge in [-0.05, 0) is 24.3 Å². The number of carbonyl (C=O) groups is 1. The Morgan fingerprint density at radius 1 is 1.27 bits per heavy atom. The molecule has 0 aliphatic heterocycles. The lowest BCUT2D eigenvalue weighted by Gasteiger charge is -2.03.